The van der Waals surface area contributed by atoms with E-state index in [0.717, 1.165) is 0 Å². The molecule has 0 unspecified atom stereocenters. The molecular formula is C15H19NO3Se. The van der Waals surface area contributed by atoms with Crippen molar-refractivity contribution in [3.05, 3.63) is 42.1 Å². The fourth-order valence-electron chi connectivity index (χ4n) is 2.31. The van der Waals surface area contributed by atoms with Gasteiger partial charge in [-0.2, -0.15) is 0 Å². The van der Waals surface area contributed by atoms with E-state index in [1.807, 2.05) is 36.3 Å². The molecule has 2 rings (SSSR count). The van der Waals surface area contributed by atoms with Gasteiger partial charge in [0.15, 0.2) is 0 Å². The molecular weight excluding hydrogens is 321 g/mol. The quantitative estimate of drug-likeness (QED) is 0.609. The van der Waals surface area contributed by atoms with Crippen molar-refractivity contribution < 1.29 is 14.3 Å². The molecule has 0 N–H and O–H groups in total. The number of nitrogens with zero attached hydrogens (tertiary/aromatic N) is 1. The van der Waals surface area contributed by atoms with Crippen LogP contribution in [0.2, 0.25) is 4.82 Å². The van der Waals surface area contributed by atoms with Crippen LogP contribution in [0.3, 0.4) is 0 Å². The fraction of sp³-hybridized carbons (Fsp3) is 0.400. The van der Waals surface area contributed by atoms with E-state index in [0.29, 0.717) is 16.8 Å². The van der Waals surface area contributed by atoms with Crippen LogP contribution in [0.25, 0.3) is 0 Å². The first-order chi connectivity index (χ1) is 9.65. The molecule has 0 saturated heterocycles. The molecule has 1 aliphatic rings. The maximum absolute atomic E-state index is 11.8. The number of esters is 1. The third-order valence-electron chi connectivity index (χ3n) is 3.22. The number of methoxy groups -OCH3 is 2. The van der Waals surface area contributed by atoms with E-state index in [9.17, 15) is 4.79 Å². The van der Waals surface area contributed by atoms with Crippen molar-refractivity contribution in [1.29, 1.82) is 0 Å². The Bertz CT molecular complexity index is 489. The van der Waals surface area contributed by atoms with Crippen molar-refractivity contribution in [3.63, 3.8) is 0 Å². The molecule has 0 aromatic heterocycles. The molecule has 1 aliphatic heterocycles. The summed E-state index contributed by atoms with van der Waals surface area (Å²) in [5.74, 6) is -0.250. The summed E-state index contributed by atoms with van der Waals surface area (Å²) in [6.45, 7) is 0. The molecule has 1 aromatic rings. The predicted octanol–water partition coefficient (Wildman–Crippen LogP) is 1.17. The summed E-state index contributed by atoms with van der Waals surface area (Å²) in [7, 11) is 5.07. The molecule has 0 saturated carbocycles. The summed E-state index contributed by atoms with van der Waals surface area (Å²) in [5, 5.41) is 0. The van der Waals surface area contributed by atoms with Gasteiger partial charge in [0, 0.05) is 0 Å². The van der Waals surface area contributed by atoms with E-state index in [-0.39, 0.29) is 27.2 Å². The molecule has 1 heterocycles. The van der Waals surface area contributed by atoms with Gasteiger partial charge in [-0.05, 0) is 0 Å². The van der Waals surface area contributed by atoms with E-state index in [4.69, 9.17) is 9.47 Å². The summed E-state index contributed by atoms with van der Waals surface area (Å²) in [4.78, 5) is 14.0. The molecule has 1 aromatic carbocycles. The Balaban J connectivity index is 2.18. The Morgan fingerprint density at radius 2 is 2.00 bits per heavy atom. The molecule has 0 bridgehead atoms. The Morgan fingerprint density at radius 3 is 2.60 bits per heavy atom. The van der Waals surface area contributed by atoms with Gasteiger partial charge in [-0.3, -0.25) is 0 Å². The first-order valence-electron chi connectivity index (χ1n) is 6.41. The normalized spacial score (nSPS) is 22.4. The van der Waals surface area contributed by atoms with Crippen LogP contribution in [-0.2, 0) is 14.3 Å². The Hall–Kier alpha value is -1.29. The number of rotatable bonds is 4. The van der Waals surface area contributed by atoms with Crippen molar-refractivity contribution in [1.82, 2.24) is 4.90 Å². The average Bonchev–Trinajstić information content (AvgIpc) is 2.47. The number of hydrogen-bond donors (Lipinski definition) is 0. The van der Waals surface area contributed by atoms with E-state index < -0.39 is 0 Å². The molecule has 0 spiro atoms. The third kappa shape index (κ3) is 3.42. The van der Waals surface area contributed by atoms with Crippen LogP contribution in [-0.4, -0.2) is 53.3 Å². The van der Waals surface area contributed by atoms with Gasteiger partial charge in [-0.1, -0.05) is 0 Å². The zero-order chi connectivity index (χ0) is 14.5. The number of carbonyl (C=O) groups is 1. The second-order valence-corrected chi connectivity index (χ2v) is 7.37. The molecule has 0 radical (unpaired) electrons. The monoisotopic (exact) mass is 341 g/mol. The van der Waals surface area contributed by atoms with Gasteiger partial charge < -0.3 is 0 Å². The van der Waals surface area contributed by atoms with Crippen molar-refractivity contribution in [2.75, 3.05) is 21.3 Å². The second kappa shape index (κ2) is 6.93. The number of hydrogen-bond acceptors (Lipinski definition) is 4. The minimum absolute atomic E-state index is 0.00334. The van der Waals surface area contributed by atoms with Gasteiger partial charge in [0.2, 0.25) is 0 Å². The van der Waals surface area contributed by atoms with E-state index in [2.05, 4.69) is 12.1 Å². The third-order valence-corrected chi connectivity index (χ3v) is 5.84. The summed E-state index contributed by atoms with van der Waals surface area (Å²) >= 11 is 0.240. The molecule has 0 fully saturated rings. The summed E-state index contributed by atoms with van der Waals surface area (Å²) in [6, 6.07) is 10.4. The molecule has 4 nitrogen and oxygen atoms in total. The Morgan fingerprint density at radius 1 is 1.30 bits per heavy atom. The standard InChI is InChI=1S/C15H19NO3Se/c1-16-10-11(15(17)19-3)9-13(14(16)18-2)20-12-7-5-4-6-8-12/h4-8,10,13-14H,9H2,1-3H3/t13-,14+/m0/s1. The van der Waals surface area contributed by atoms with Crippen molar-refractivity contribution >= 4 is 25.4 Å². The van der Waals surface area contributed by atoms with Crippen LogP contribution in [0.1, 0.15) is 6.42 Å². The first-order valence-corrected chi connectivity index (χ1v) is 8.25. The van der Waals surface area contributed by atoms with E-state index in [1.54, 1.807) is 7.11 Å². The number of ether oxygens (including phenoxy) is 2. The molecule has 108 valence electrons. The second-order valence-electron chi connectivity index (χ2n) is 4.61. The van der Waals surface area contributed by atoms with Crippen LogP contribution >= 0.6 is 0 Å². The van der Waals surface area contributed by atoms with Crippen LogP contribution < -0.4 is 4.46 Å². The number of benzene rings is 1. The number of carbonyl (C=O) groups excluding carboxylic acids is 1. The van der Waals surface area contributed by atoms with Crippen molar-refractivity contribution in [2.45, 2.75) is 17.5 Å². The van der Waals surface area contributed by atoms with Gasteiger partial charge >= 0.3 is 125 Å². The molecule has 0 amide bonds. The van der Waals surface area contributed by atoms with Crippen LogP contribution in [0.5, 0.6) is 0 Å². The minimum atomic E-state index is -0.250. The topological polar surface area (TPSA) is 38.8 Å². The zero-order valence-corrected chi connectivity index (χ0v) is 13.6. The first kappa shape index (κ1) is 15.1. The van der Waals surface area contributed by atoms with Gasteiger partial charge in [-0.15, -0.1) is 0 Å². The van der Waals surface area contributed by atoms with E-state index >= 15 is 0 Å². The van der Waals surface area contributed by atoms with Crippen LogP contribution in [0.15, 0.2) is 42.1 Å². The summed E-state index contributed by atoms with van der Waals surface area (Å²) in [5.41, 5.74) is 0.714. The van der Waals surface area contributed by atoms with E-state index in [1.165, 1.54) is 11.6 Å². The van der Waals surface area contributed by atoms with Crippen LogP contribution in [0.4, 0.5) is 0 Å². The SMILES string of the molecule is COC(=O)C1=CN(C)[C@H](OC)[C@@H]([Se]c2ccccc2)C1. The zero-order valence-electron chi connectivity index (χ0n) is 11.9. The Kier molecular flexibility index (Phi) is 5.23. The summed E-state index contributed by atoms with van der Waals surface area (Å²) < 4.78 is 11.7. The maximum atomic E-state index is 11.8. The van der Waals surface area contributed by atoms with Crippen molar-refractivity contribution in [2.24, 2.45) is 0 Å². The molecule has 5 heteroatoms. The average molecular weight is 340 g/mol. The Labute approximate surface area is 125 Å². The van der Waals surface area contributed by atoms with Gasteiger partial charge in [-0.25, -0.2) is 0 Å². The van der Waals surface area contributed by atoms with Gasteiger partial charge in [0.25, 0.3) is 0 Å². The molecule has 0 aliphatic carbocycles. The van der Waals surface area contributed by atoms with Gasteiger partial charge in [0.05, 0.1) is 0 Å². The molecule has 20 heavy (non-hydrogen) atoms. The fourth-order valence-corrected chi connectivity index (χ4v) is 5.14. The van der Waals surface area contributed by atoms with Crippen LogP contribution in [0, 0.1) is 0 Å². The summed E-state index contributed by atoms with van der Waals surface area (Å²) in [6.07, 6.45) is 2.53. The predicted molar refractivity (Wildman–Crippen MR) is 78.9 cm³/mol. The molecule has 2 atom stereocenters. The van der Waals surface area contributed by atoms with Crippen molar-refractivity contribution in [3.8, 4) is 0 Å². The van der Waals surface area contributed by atoms with Gasteiger partial charge in [0.1, 0.15) is 0 Å².